The predicted molar refractivity (Wildman–Crippen MR) is 98.8 cm³/mol. The van der Waals surface area contributed by atoms with Gasteiger partial charge in [-0.1, -0.05) is 12.1 Å². The Morgan fingerprint density at radius 1 is 1.20 bits per heavy atom. The molecule has 4 amide bonds. The number of nitriles is 1. The van der Waals surface area contributed by atoms with Crippen molar-refractivity contribution in [3.63, 3.8) is 0 Å². The number of hydrogen-bond donors (Lipinski definition) is 2. The van der Waals surface area contributed by atoms with Crippen LogP contribution in [0.3, 0.4) is 0 Å². The largest absolute Gasteiger partial charge is 0.416 e. The number of carbonyl (C=O) groups is 3. The third-order valence-electron chi connectivity index (χ3n) is 4.64. The summed E-state index contributed by atoms with van der Waals surface area (Å²) in [5.74, 6) is -1.45. The number of rotatable bonds is 4. The smallest absolute Gasteiger partial charge is 0.325 e. The lowest BCUT2D eigenvalue weighted by molar-refractivity contribution is -0.137. The van der Waals surface area contributed by atoms with Crippen molar-refractivity contribution < 1.29 is 27.6 Å². The Bertz CT molecular complexity index is 1060. The Kier molecular flexibility index (Phi) is 5.22. The first-order chi connectivity index (χ1) is 14.0. The lowest BCUT2D eigenvalue weighted by Gasteiger charge is -2.22. The van der Waals surface area contributed by atoms with Crippen LogP contribution in [0.15, 0.2) is 48.5 Å². The zero-order chi connectivity index (χ0) is 22.1. The molecule has 2 N–H and O–H groups in total. The standard InChI is InChI=1S/C20H15F3N4O3/c1-19(14-4-2-3-12(9-14)10-24)17(29)27(18(30)26-19)11-16(28)25-15-7-5-13(6-8-15)20(21,22)23/h2-9H,11H2,1H3,(H,25,28)(H,26,30). The van der Waals surface area contributed by atoms with Gasteiger partial charge in [0, 0.05) is 5.69 Å². The monoisotopic (exact) mass is 416 g/mol. The van der Waals surface area contributed by atoms with Crippen LogP contribution in [-0.2, 0) is 21.3 Å². The van der Waals surface area contributed by atoms with Crippen LogP contribution in [0, 0.1) is 11.3 Å². The average Bonchev–Trinajstić information content (AvgIpc) is 2.92. The van der Waals surface area contributed by atoms with Crippen molar-refractivity contribution in [3.05, 3.63) is 65.2 Å². The van der Waals surface area contributed by atoms with Gasteiger partial charge in [0.2, 0.25) is 5.91 Å². The molecule has 1 atom stereocenters. The molecular weight excluding hydrogens is 401 g/mol. The summed E-state index contributed by atoms with van der Waals surface area (Å²) in [4.78, 5) is 38.1. The van der Waals surface area contributed by atoms with E-state index in [1.165, 1.54) is 13.0 Å². The van der Waals surface area contributed by atoms with Crippen molar-refractivity contribution in [1.82, 2.24) is 10.2 Å². The van der Waals surface area contributed by atoms with Crippen LogP contribution < -0.4 is 10.6 Å². The molecule has 0 bridgehead atoms. The van der Waals surface area contributed by atoms with Gasteiger partial charge in [-0.05, 0) is 48.9 Å². The van der Waals surface area contributed by atoms with Crippen LogP contribution in [0.5, 0.6) is 0 Å². The van der Waals surface area contributed by atoms with E-state index in [9.17, 15) is 27.6 Å². The quantitative estimate of drug-likeness (QED) is 0.748. The number of anilines is 1. The highest BCUT2D eigenvalue weighted by atomic mass is 19.4. The Balaban J connectivity index is 1.72. The molecule has 10 heteroatoms. The fourth-order valence-corrected chi connectivity index (χ4v) is 3.02. The minimum Gasteiger partial charge on any atom is -0.325 e. The first-order valence-electron chi connectivity index (χ1n) is 8.66. The molecule has 154 valence electrons. The second-order valence-corrected chi connectivity index (χ2v) is 6.76. The molecule has 3 rings (SSSR count). The molecule has 1 aliphatic rings. The van der Waals surface area contributed by atoms with Crippen LogP contribution in [0.25, 0.3) is 0 Å². The van der Waals surface area contributed by atoms with Crippen LogP contribution in [-0.4, -0.2) is 29.3 Å². The summed E-state index contributed by atoms with van der Waals surface area (Å²) in [6.07, 6.45) is -4.50. The van der Waals surface area contributed by atoms with E-state index in [-0.39, 0.29) is 5.69 Å². The Morgan fingerprint density at radius 2 is 1.87 bits per heavy atom. The maximum Gasteiger partial charge on any atom is 0.416 e. The van der Waals surface area contributed by atoms with E-state index in [1.54, 1.807) is 18.2 Å². The van der Waals surface area contributed by atoms with E-state index in [1.807, 2.05) is 6.07 Å². The molecule has 0 aliphatic carbocycles. The number of nitrogens with zero attached hydrogens (tertiary/aromatic N) is 2. The minimum absolute atomic E-state index is 0.0875. The fraction of sp³-hybridized carbons (Fsp3) is 0.200. The number of imide groups is 1. The first-order valence-corrected chi connectivity index (χ1v) is 8.66. The molecule has 7 nitrogen and oxygen atoms in total. The van der Waals surface area contributed by atoms with Crippen LogP contribution >= 0.6 is 0 Å². The van der Waals surface area contributed by atoms with Gasteiger partial charge in [-0.25, -0.2) is 4.79 Å². The number of halogens is 3. The Hall–Kier alpha value is -3.87. The highest BCUT2D eigenvalue weighted by molar-refractivity contribution is 6.10. The Morgan fingerprint density at radius 3 is 2.47 bits per heavy atom. The number of hydrogen-bond acceptors (Lipinski definition) is 4. The SMILES string of the molecule is CC1(c2cccc(C#N)c2)NC(=O)N(CC(=O)Nc2ccc(C(F)(F)F)cc2)C1=O. The summed E-state index contributed by atoms with van der Waals surface area (Å²) < 4.78 is 37.8. The van der Waals surface area contributed by atoms with Crippen molar-refractivity contribution in [2.75, 3.05) is 11.9 Å². The van der Waals surface area contributed by atoms with Gasteiger partial charge in [-0.2, -0.15) is 18.4 Å². The summed E-state index contributed by atoms with van der Waals surface area (Å²) in [6.45, 7) is 0.830. The Labute approximate surface area is 169 Å². The van der Waals surface area contributed by atoms with E-state index in [0.717, 1.165) is 24.3 Å². The summed E-state index contributed by atoms with van der Waals surface area (Å²) in [5, 5.41) is 13.9. The molecule has 0 saturated carbocycles. The maximum atomic E-state index is 12.8. The van der Waals surface area contributed by atoms with Gasteiger partial charge in [-0.3, -0.25) is 14.5 Å². The summed E-state index contributed by atoms with van der Waals surface area (Å²) >= 11 is 0. The van der Waals surface area contributed by atoms with E-state index in [0.29, 0.717) is 16.0 Å². The molecule has 1 aliphatic heterocycles. The first kappa shape index (κ1) is 20.9. The van der Waals surface area contributed by atoms with Crippen molar-refractivity contribution >= 4 is 23.5 Å². The molecular formula is C20H15F3N4O3. The molecule has 1 heterocycles. The second-order valence-electron chi connectivity index (χ2n) is 6.76. The van der Waals surface area contributed by atoms with Gasteiger partial charge in [0.15, 0.2) is 0 Å². The van der Waals surface area contributed by atoms with Gasteiger partial charge in [0.1, 0.15) is 12.1 Å². The van der Waals surface area contributed by atoms with Crippen LogP contribution in [0.2, 0.25) is 0 Å². The molecule has 1 fully saturated rings. The van der Waals surface area contributed by atoms with E-state index >= 15 is 0 Å². The van der Waals surface area contributed by atoms with Crippen molar-refractivity contribution in [2.24, 2.45) is 0 Å². The third kappa shape index (κ3) is 3.96. The number of alkyl halides is 3. The molecule has 30 heavy (non-hydrogen) atoms. The predicted octanol–water partition coefficient (Wildman–Crippen LogP) is 2.98. The van der Waals surface area contributed by atoms with Gasteiger partial charge >= 0.3 is 12.2 Å². The molecule has 1 unspecified atom stereocenters. The zero-order valence-corrected chi connectivity index (χ0v) is 15.6. The normalized spacial score (nSPS) is 18.7. The topological polar surface area (TPSA) is 102 Å². The molecule has 2 aromatic carbocycles. The van der Waals surface area contributed by atoms with Crippen molar-refractivity contribution in [1.29, 1.82) is 5.26 Å². The molecule has 0 radical (unpaired) electrons. The van der Waals surface area contributed by atoms with Gasteiger partial charge in [-0.15, -0.1) is 0 Å². The number of benzene rings is 2. The summed E-state index contributed by atoms with van der Waals surface area (Å²) in [5.41, 5.74) is -1.56. The molecule has 1 saturated heterocycles. The van der Waals surface area contributed by atoms with Gasteiger partial charge in [0.05, 0.1) is 17.2 Å². The minimum atomic E-state index is -4.50. The third-order valence-corrected chi connectivity index (χ3v) is 4.64. The van der Waals surface area contributed by atoms with E-state index in [4.69, 9.17) is 5.26 Å². The number of nitrogens with one attached hydrogen (secondary N) is 2. The van der Waals surface area contributed by atoms with E-state index in [2.05, 4.69) is 10.6 Å². The number of carbonyl (C=O) groups excluding carboxylic acids is 3. The van der Waals surface area contributed by atoms with Crippen molar-refractivity contribution in [2.45, 2.75) is 18.6 Å². The summed E-state index contributed by atoms with van der Waals surface area (Å²) in [6, 6.07) is 11.1. The number of urea groups is 1. The highest BCUT2D eigenvalue weighted by Crippen LogP contribution is 2.31. The second kappa shape index (κ2) is 7.51. The maximum absolute atomic E-state index is 12.8. The molecule has 0 spiro atoms. The van der Waals surface area contributed by atoms with E-state index < -0.39 is 41.7 Å². The average molecular weight is 416 g/mol. The lowest BCUT2D eigenvalue weighted by Crippen LogP contribution is -2.42. The van der Waals surface area contributed by atoms with Crippen molar-refractivity contribution in [3.8, 4) is 6.07 Å². The highest BCUT2D eigenvalue weighted by Gasteiger charge is 2.49. The van der Waals surface area contributed by atoms with Crippen LogP contribution in [0.1, 0.15) is 23.6 Å². The molecule has 2 aromatic rings. The number of amides is 4. The zero-order valence-electron chi connectivity index (χ0n) is 15.6. The van der Waals surface area contributed by atoms with Gasteiger partial charge < -0.3 is 10.6 Å². The molecule has 0 aromatic heterocycles. The fourth-order valence-electron chi connectivity index (χ4n) is 3.02. The van der Waals surface area contributed by atoms with Crippen LogP contribution in [0.4, 0.5) is 23.7 Å². The lowest BCUT2D eigenvalue weighted by atomic mass is 9.91. The summed E-state index contributed by atoms with van der Waals surface area (Å²) in [7, 11) is 0. The van der Waals surface area contributed by atoms with Gasteiger partial charge in [0.25, 0.3) is 5.91 Å².